The molecule has 90 valence electrons. The van der Waals surface area contributed by atoms with Gasteiger partial charge in [0.25, 0.3) is 0 Å². The first-order chi connectivity index (χ1) is 8.36. The highest BCUT2D eigenvalue weighted by Crippen LogP contribution is 2.50. The van der Waals surface area contributed by atoms with E-state index >= 15 is 0 Å². The van der Waals surface area contributed by atoms with Gasteiger partial charge in [0.15, 0.2) is 6.71 Å². The number of hydrogen-bond acceptors (Lipinski definition) is 0. The van der Waals surface area contributed by atoms with Gasteiger partial charge in [0.1, 0.15) is 0 Å². The molecule has 1 aromatic carbocycles. The molecule has 3 rings (SSSR count). The molecule has 2 aliphatic heterocycles. The van der Waals surface area contributed by atoms with Crippen LogP contribution in [0.4, 0.5) is 0 Å². The average Bonchev–Trinajstić information content (AvgIpc) is 2.38. The van der Waals surface area contributed by atoms with Crippen molar-refractivity contribution in [3.8, 4) is 0 Å². The van der Waals surface area contributed by atoms with Gasteiger partial charge in [0.05, 0.1) is 0 Å². The maximum Gasteiger partial charge on any atom is 0.154 e. The summed E-state index contributed by atoms with van der Waals surface area (Å²) in [4.78, 5) is 0. The molecule has 0 aliphatic carbocycles. The van der Waals surface area contributed by atoms with Gasteiger partial charge in [-0.15, -0.1) is 0 Å². The van der Waals surface area contributed by atoms with Crippen LogP contribution in [0, 0.1) is 0 Å². The van der Waals surface area contributed by atoms with E-state index in [1.807, 2.05) is 0 Å². The van der Waals surface area contributed by atoms with Gasteiger partial charge < -0.3 is 0 Å². The van der Waals surface area contributed by atoms with Crippen molar-refractivity contribution < 1.29 is 0 Å². The van der Waals surface area contributed by atoms with Crippen molar-refractivity contribution in [1.82, 2.24) is 0 Å². The third-order valence-electron chi connectivity index (χ3n) is 5.29. The Bertz CT molecular complexity index is 337. The van der Waals surface area contributed by atoms with Crippen molar-refractivity contribution in [2.75, 3.05) is 0 Å². The summed E-state index contributed by atoms with van der Waals surface area (Å²) in [6.45, 7) is 3.44. The van der Waals surface area contributed by atoms with Gasteiger partial charge in [-0.05, 0) is 5.82 Å². The predicted molar refractivity (Wildman–Crippen MR) is 75.8 cm³/mol. The highest BCUT2D eigenvalue weighted by atomic mass is 14.3. The molecule has 1 atom stereocenters. The molecule has 0 unspecified atom stereocenters. The van der Waals surface area contributed by atoms with Crippen molar-refractivity contribution in [3.05, 3.63) is 35.9 Å². The van der Waals surface area contributed by atoms with Gasteiger partial charge >= 0.3 is 0 Å². The first-order valence-electron chi connectivity index (χ1n) is 7.41. The molecule has 0 radical (unpaired) electrons. The topological polar surface area (TPSA) is 0 Å². The van der Waals surface area contributed by atoms with Crippen LogP contribution in [-0.4, -0.2) is 6.71 Å². The summed E-state index contributed by atoms with van der Waals surface area (Å²) < 4.78 is 0. The Morgan fingerprint density at radius 3 is 2.00 bits per heavy atom. The van der Waals surface area contributed by atoms with Crippen molar-refractivity contribution >= 4 is 6.71 Å². The lowest BCUT2D eigenvalue weighted by Crippen LogP contribution is -2.39. The van der Waals surface area contributed by atoms with Crippen molar-refractivity contribution in [3.63, 3.8) is 0 Å². The lowest BCUT2D eigenvalue weighted by atomic mass is 9.22. The van der Waals surface area contributed by atoms with Gasteiger partial charge in [0, 0.05) is 0 Å². The lowest BCUT2D eigenvalue weighted by Gasteiger charge is -2.43. The van der Waals surface area contributed by atoms with Crippen LogP contribution in [0.15, 0.2) is 30.3 Å². The largest absolute Gasteiger partial charge is 0.154 e. The quantitative estimate of drug-likeness (QED) is 0.627. The summed E-state index contributed by atoms with van der Waals surface area (Å²) >= 11 is 0. The monoisotopic (exact) mass is 226 g/mol. The molecule has 0 saturated carbocycles. The Morgan fingerprint density at radius 2 is 1.47 bits per heavy atom. The summed E-state index contributed by atoms with van der Waals surface area (Å²) in [6.07, 6.45) is 8.98. The number of hydrogen-bond donors (Lipinski definition) is 0. The fourth-order valence-corrected chi connectivity index (χ4v) is 4.52. The van der Waals surface area contributed by atoms with E-state index in [4.69, 9.17) is 0 Å². The molecule has 0 nitrogen and oxygen atoms in total. The minimum absolute atomic E-state index is 0.770. The summed E-state index contributed by atoms with van der Waals surface area (Å²) in [5.74, 6) is 2.82. The van der Waals surface area contributed by atoms with Gasteiger partial charge in [-0.1, -0.05) is 93.0 Å². The van der Waals surface area contributed by atoms with Crippen LogP contribution in [-0.2, 0) is 0 Å². The normalized spacial score (nSPS) is 30.1. The molecule has 0 N–H and O–H groups in total. The predicted octanol–water partition coefficient (Wildman–Crippen LogP) is 4.93. The maximum absolute atomic E-state index is 2.47. The zero-order valence-electron chi connectivity index (χ0n) is 10.9. The van der Waals surface area contributed by atoms with Crippen LogP contribution in [0.3, 0.4) is 0 Å². The van der Waals surface area contributed by atoms with Crippen LogP contribution in [0.5, 0.6) is 0 Å². The molecular formula is C16H23B. The Labute approximate surface area is 106 Å². The standard InChI is InChI=1S/C16H23B/c1-13(14-7-3-2-4-8-14)17-15-9-5-10-16(17)12-6-11-15/h2-4,7-8,13,15-16H,5-6,9-12H2,1H3/t13-,15?,16?/m1/s1. The zero-order valence-corrected chi connectivity index (χ0v) is 10.9. The first kappa shape index (κ1) is 11.4. The molecule has 17 heavy (non-hydrogen) atoms. The Hall–Kier alpha value is -0.715. The highest BCUT2D eigenvalue weighted by Gasteiger charge is 2.42. The van der Waals surface area contributed by atoms with Crippen LogP contribution in [0.1, 0.15) is 56.8 Å². The first-order valence-corrected chi connectivity index (χ1v) is 7.41. The van der Waals surface area contributed by atoms with Crippen molar-refractivity contribution in [1.29, 1.82) is 0 Å². The van der Waals surface area contributed by atoms with E-state index in [-0.39, 0.29) is 0 Å². The van der Waals surface area contributed by atoms with Crippen molar-refractivity contribution in [2.45, 2.75) is 62.9 Å². The van der Waals surface area contributed by atoms with E-state index in [0.717, 1.165) is 24.2 Å². The minimum Gasteiger partial charge on any atom is -0.0650 e. The lowest BCUT2D eigenvalue weighted by molar-refractivity contribution is 0.436. The van der Waals surface area contributed by atoms with Gasteiger partial charge in [0.2, 0.25) is 0 Å². The summed E-state index contributed by atoms with van der Waals surface area (Å²) in [5, 5.41) is 0. The Morgan fingerprint density at radius 1 is 0.941 bits per heavy atom. The van der Waals surface area contributed by atoms with E-state index in [1.54, 1.807) is 5.56 Å². The second-order valence-corrected chi connectivity index (χ2v) is 6.16. The maximum atomic E-state index is 2.47. The molecule has 2 saturated heterocycles. The highest BCUT2D eigenvalue weighted by molar-refractivity contribution is 6.64. The number of benzene rings is 1. The average molecular weight is 226 g/mol. The molecule has 2 fully saturated rings. The molecular weight excluding hydrogens is 203 g/mol. The number of rotatable bonds is 2. The van der Waals surface area contributed by atoms with Crippen LogP contribution in [0.25, 0.3) is 0 Å². The molecule has 2 bridgehead atoms. The fourth-order valence-electron chi connectivity index (χ4n) is 4.52. The van der Waals surface area contributed by atoms with Crippen LogP contribution < -0.4 is 0 Å². The van der Waals surface area contributed by atoms with Gasteiger partial charge in [-0.3, -0.25) is 0 Å². The summed E-state index contributed by atoms with van der Waals surface area (Å²) in [5.41, 5.74) is 1.57. The van der Waals surface area contributed by atoms with E-state index in [1.165, 1.54) is 38.5 Å². The smallest absolute Gasteiger partial charge is 0.0650 e. The van der Waals surface area contributed by atoms with E-state index in [9.17, 15) is 0 Å². The summed E-state index contributed by atoms with van der Waals surface area (Å²) in [7, 11) is 0. The molecule has 2 aliphatic rings. The molecule has 0 amide bonds. The summed E-state index contributed by atoms with van der Waals surface area (Å²) in [6, 6.07) is 11.2. The molecule has 1 heteroatoms. The van der Waals surface area contributed by atoms with E-state index in [0.29, 0.717) is 0 Å². The minimum atomic E-state index is 0.770. The van der Waals surface area contributed by atoms with Crippen LogP contribution >= 0.6 is 0 Å². The van der Waals surface area contributed by atoms with Gasteiger partial charge in [-0.2, -0.15) is 0 Å². The second-order valence-electron chi connectivity index (χ2n) is 6.16. The zero-order chi connectivity index (χ0) is 11.7. The van der Waals surface area contributed by atoms with Crippen LogP contribution in [0.2, 0.25) is 11.6 Å². The Balaban J connectivity index is 1.83. The van der Waals surface area contributed by atoms with E-state index in [2.05, 4.69) is 37.3 Å². The molecule has 0 aromatic heterocycles. The SMILES string of the molecule is C[C@@H](B1C2CCCC1CCC2)c1ccccc1. The Kier molecular flexibility index (Phi) is 3.27. The number of fused-ring (bicyclic) bond motifs is 2. The van der Waals surface area contributed by atoms with Crippen molar-refractivity contribution in [2.24, 2.45) is 0 Å². The molecule has 2 heterocycles. The van der Waals surface area contributed by atoms with Gasteiger partial charge in [-0.25, -0.2) is 0 Å². The fraction of sp³-hybridized carbons (Fsp3) is 0.625. The third-order valence-corrected chi connectivity index (χ3v) is 5.29. The molecule has 1 aromatic rings. The second kappa shape index (κ2) is 4.88. The molecule has 0 spiro atoms. The third kappa shape index (κ3) is 2.17. The van der Waals surface area contributed by atoms with E-state index < -0.39 is 0 Å².